The van der Waals surface area contributed by atoms with Gasteiger partial charge in [0, 0.05) is 24.7 Å². The van der Waals surface area contributed by atoms with Crippen molar-refractivity contribution in [2.24, 2.45) is 0 Å². The fraction of sp³-hybridized carbons (Fsp3) is 0.312. The van der Waals surface area contributed by atoms with Crippen molar-refractivity contribution in [1.29, 1.82) is 0 Å². The van der Waals surface area contributed by atoms with Crippen molar-refractivity contribution in [2.45, 2.75) is 19.4 Å². The zero-order valence-corrected chi connectivity index (χ0v) is 12.7. The first-order valence-corrected chi connectivity index (χ1v) is 7.96. The summed E-state index contributed by atoms with van der Waals surface area (Å²) in [5.41, 5.74) is 0.802. The van der Waals surface area contributed by atoms with Gasteiger partial charge >= 0.3 is 0 Å². The average Bonchev–Trinajstić information content (AvgIpc) is 3.17. The van der Waals surface area contributed by atoms with Crippen molar-refractivity contribution in [2.75, 3.05) is 13.1 Å². The van der Waals surface area contributed by atoms with E-state index in [4.69, 9.17) is 4.74 Å². The zero-order chi connectivity index (χ0) is 15.5. The first-order chi connectivity index (χ1) is 10.6. The van der Waals surface area contributed by atoms with Crippen molar-refractivity contribution in [3.8, 4) is 5.75 Å². The molecule has 0 bridgehead atoms. The third-order valence-electron chi connectivity index (χ3n) is 3.55. The third kappa shape index (κ3) is 3.27. The van der Waals surface area contributed by atoms with Crippen LogP contribution in [0.4, 0.5) is 8.78 Å². The Bertz CT molecular complexity index is 681. The first-order valence-electron chi connectivity index (χ1n) is 7.08. The van der Waals surface area contributed by atoms with Crippen LogP contribution in [0.2, 0.25) is 0 Å². The second-order valence-corrected chi connectivity index (χ2v) is 6.09. The lowest BCUT2D eigenvalue weighted by Gasteiger charge is -2.13. The molecule has 0 radical (unpaired) electrons. The molecule has 0 unspecified atom stereocenters. The predicted molar refractivity (Wildman–Crippen MR) is 80.1 cm³/mol. The number of hydrogen-bond acceptors (Lipinski definition) is 3. The van der Waals surface area contributed by atoms with E-state index in [1.807, 2.05) is 10.3 Å². The molecule has 1 aromatic heterocycles. The molecule has 2 aromatic rings. The maximum absolute atomic E-state index is 13.5. The maximum Gasteiger partial charge on any atom is 0.263 e. The smallest absolute Gasteiger partial charge is 0.263 e. The Morgan fingerprint density at radius 3 is 2.73 bits per heavy atom. The number of likely N-dealkylation sites (tertiary alicyclic amines) is 1. The van der Waals surface area contributed by atoms with Crippen molar-refractivity contribution in [3.63, 3.8) is 0 Å². The monoisotopic (exact) mass is 323 g/mol. The van der Waals surface area contributed by atoms with Crippen molar-refractivity contribution >= 4 is 17.2 Å². The van der Waals surface area contributed by atoms with Crippen LogP contribution in [0.25, 0.3) is 0 Å². The first kappa shape index (κ1) is 15.0. The number of benzene rings is 1. The molecule has 1 saturated heterocycles. The minimum Gasteiger partial charge on any atom is -0.486 e. The molecule has 1 aliphatic rings. The van der Waals surface area contributed by atoms with Gasteiger partial charge in [0.05, 0.1) is 4.88 Å². The second-order valence-electron chi connectivity index (χ2n) is 5.18. The molecule has 0 spiro atoms. The molecule has 6 heteroatoms. The molecule has 1 aliphatic heterocycles. The molecule has 1 aromatic carbocycles. The van der Waals surface area contributed by atoms with Crippen LogP contribution in [0, 0.1) is 11.6 Å². The Morgan fingerprint density at radius 2 is 2.00 bits per heavy atom. The molecule has 116 valence electrons. The molecule has 0 aliphatic carbocycles. The number of carbonyl (C=O) groups is 1. The Morgan fingerprint density at radius 1 is 1.23 bits per heavy atom. The Balaban J connectivity index is 1.63. The lowest BCUT2D eigenvalue weighted by Crippen LogP contribution is -2.26. The van der Waals surface area contributed by atoms with Crippen molar-refractivity contribution < 1.29 is 18.3 Å². The third-order valence-corrected chi connectivity index (χ3v) is 4.51. The van der Waals surface area contributed by atoms with Gasteiger partial charge in [-0.3, -0.25) is 4.79 Å². The lowest BCUT2D eigenvalue weighted by molar-refractivity contribution is 0.0797. The average molecular weight is 323 g/mol. The van der Waals surface area contributed by atoms with E-state index in [0.29, 0.717) is 4.88 Å². The molecule has 2 heterocycles. The predicted octanol–water partition coefficient (Wildman–Crippen LogP) is 3.84. The van der Waals surface area contributed by atoms with Gasteiger partial charge in [-0.05, 0) is 36.4 Å². The summed E-state index contributed by atoms with van der Waals surface area (Å²) >= 11 is 1.36. The van der Waals surface area contributed by atoms with Gasteiger partial charge in [-0.25, -0.2) is 8.78 Å². The van der Waals surface area contributed by atoms with Gasteiger partial charge in [-0.2, -0.15) is 0 Å². The van der Waals surface area contributed by atoms with E-state index in [1.54, 1.807) is 6.07 Å². The Labute approximate surface area is 131 Å². The molecule has 3 rings (SSSR count). The minimum atomic E-state index is -0.733. The highest BCUT2D eigenvalue weighted by Crippen LogP contribution is 2.23. The Kier molecular flexibility index (Phi) is 4.38. The van der Waals surface area contributed by atoms with Crippen LogP contribution in [-0.4, -0.2) is 23.9 Å². The second kappa shape index (κ2) is 6.44. The van der Waals surface area contributed by atoms with Gasteiger partial charge in [0.2, 0.25) is 0 Å². The number of amides is 1. The summed E-state index contributed by atoms with van der Waals surface area (Å²) in [4.78, 5) is 14.7. The van der Waals surface area contributed by atoms with Crippen LogP contribution in [0.3, 0.4) is 0 Å². The normalized spacial score (nSPS) is 14.4. The molecule has 22 heavy (non-hydrogen) atoms. The van der Waals surface area contributed by atoms with Gasteiger partial charge in [-0.15, -0.1) is 11.3 Å². The summed E-state index contributed by atoms with van der Waals surface area (Å²) in [7, 11) is 0. The number of rotatable bonds is 4. The van der Waals surface area contributed by atoms with Crippen LogP contribution in [0.1, 0.15) is 28.1 Å². The summed E-state index contributed by atoms with van der Waals surface area (Å²) in [6, 6.07) is 4.96. The quantitative estimate of drug-likeness (QED) is 0.855. The van der Waals surface area contributed by atoms with E-state index in [2.05, 4.69) is 0 Å². The van der Waals surface area contributed by atoms with Gasteiger partial charge in [0.15, 0.2) is 11.6 Å². The largest absolute Gasteiger partial charge is 0.486 e. The summed E-state index contributed by atoms with van der Waals surface area (Å²) in [5, 5.41) is 1.82. The van der Waals surface area contributed by atoms with E-state index >= 15 is 0 Å². The summed E-state index contributed by atoms with van der Waals surface area (Å²) < 4.78 is 31.6. The van der Waals surface area contributed by atoms with Gasteiger partial charge in [-0.1, -0.05) is 0 Å². The molecule has 3 nitrogen and oxygen atoms in total. The van der Waals surface area contributed by atoms with E-state index in [9.17, 15) is 13.6 Å². The van der Waals surface area contributed by atoms with Crippen LogP contribution >= 0.6 is 11.3 Å². The topological polar surface area (TPSA) is 29.5 Å². The molecular formula is C16H15F2NO2S. The van der Waals surface area contributed by atoms with Gasteiger partial charge < -0.3 is 9.64 Å². The lowest BCUT2D eigenvalue weighted by atomic mass is 10.3. The number of thiophene rings is 1. The highest BCUT2D eigenvalue weighted by Gasteiger charge is 2.20. The van der Waals surface area contributed by atoms with Crippen molar-refractivity contribution in [1.82, 2.24) is 4.90 Å². The number of hydrogen-bond donors (Lipinski definition) is 0. The van der Waals surface area contributed by atoms with Crippen LogP contribution in [-0.2, 0) is 6.61 Å². The number of nitrogens with zero attached hydrogens (tertiary/aromatic N) is 1. The van der Waals surface area contributed by atoms with Crippen LogP contribution in [0.15, 0.2) is 29.6 Å². The summed E-state index contributed by atoms with van der Waals surface area (Å²) in [6.07, 6.45) is 2.11. The van der Waals surface area contributed by atoms with Crippen LogP contribution in [0.5, 0.6) is 5.75 Å². The van der Waals surface area contributed by atoms with E-state index in [0.717, 1.165) is 43.6 Å². The molecule has 1 amide bonds. The summed E-state index contributed by atoms with van der Waals surface area (Å²) in [6.45, 7) is 1.76. The van der Waals surface area contributed by atoms with Crippen molar-refractivity contribution in [3.05, 3.63) is 51.7 Å². The van der Waals surface area contributed by atoms with Gasteiger partial charge in [0.25, 0.3) is 5.91 Å². The zero-order valence-electron chi connectivity index (χ0n) is 11.9. The van der Waals surface area contributed by atoms with E-state index in [1.165, 1.54) is 17.4 Å². The molecule has 0 N–H and O–H groups in total. The minimum absolute atomic E-state index is 0.0000180. The Hall–Kier alpha value is -1.95. The standard InChI is InChI=1S/C16H15F2NO2S/c17-12-3-4-14(13(18)8-12)21-9-11-7-15(22-10-11)16(20)19-5-1-2-6-19/h3-4,7-8,10H,1-2,5-6,9H2. The maximum atomic E-state index is 13.5. The molecule has 0 saturated carbocycles. The number of halogens is 2. The fourth-order valence-corrected chi connectivity index (χ4v) is 3.26. The highest BCUT2D eigenvalue weighted by atomic mass is 32.1. The van der Waals surface area contributed by atoms with E-state index < -0.39 is 11.6 Å². The van der Waals surface area contributed by atoms with Crippen LogP contribution < -0.4 is 4.74 Å². The number of carbonyl (C=O) groups excluding carboxylic acids is 1. The van der Waals surface area contributed by atoms with Gasteiger partial charge in [0.1, 0.15) is 12.4 Å². The SMILES string of the molecule is O=C(c1cc(COc2ccc(F)cc2F)cs1)N1CCCC1. The highest BCUT2D eigenvalue weighted by molar-refractivity contribution is 7.12. The summed E-state index contributed by atoms with van der Waals surface area (Å²) in [5.74, 6) is -1.33. The molecule has 1 fully saturated rings. The molecule has 0 atom stereocenters. The fourth-order valence-electron chi connectivity index (χ4n) is 2.39. The van der Waals surface area contributed by atoms with E-state index in [-0.39, 0.29) is 18.3 Å². The number of ether oxygens (including phenoxy) is 1. The molecular weight excluding hydrogens is 308 g/mol.